The molecule has 0 fully saturated rings. The molecule has 0 bridgehead atoms. The van der Waals surface area contributed by atoms with Crippen LogP contribution < -0.4 is 31.1 Å². The highest BCUT2D eigenvalue weighted by Crippen LogP contribution is 2.60. The number of anilines is 9. The van der Waals surface area contributed by atoms with Crippen molar-refractivity contribution >= 4 is 96.2 Å². The van der Waals surface area contributed by atoms with E-state index in [0.717, 1.165) is 94.7 Å². The lowest BCUT2D eigenvalue weighted by atomic mass is 9.33. The van der Waals surface area contributed by atoms with Crippen LogP contribution in [0.4, 0.5) is 51.2 Å². The molecular weight excluding hydrogens is 1010 g/mol. The first-order chi connectivity index (χ1) is 39.2. The van der Waals surface area contributed by atoms with Crippen molar-refractivity contribution in [2.24, 2.45) is 0 Å². The van der Waals surface area contributed by atoms with E-state index in [1.54, 1.807) is 4.90 Å². The Morgan fingerprint density at radius 2 is 1.02 bits per heavy atom. The van der Waals surface area contributed by atoms with Gasteiger partial charge in [-0.1, -0.05) is 159 Å². The lowest BCUT2D eigenvalue weighted by molar-refractivity contribution is 0.329. The molecule has 0 unspecified atom stereocenters. The average Bonchev–Trinajstić information content (AvgIpc) is 1.19. The highest BCUT2D eigenvalue weighted by Gasteiger charge is 2.45. The maximum atomic E-state index is 12.1. The van der Waals surface area contributed by atoms with E-state index < -0.39 is 28.7 Å². The van der Waals surface area contributed by atoms with Gasteiger partial charge in [-0.2, -0.15) is 0 Å². The molecule has 9 nitrogen and oxygen atoms in total. The zero-order valence-electron chi connectivity index (χ0n) is 47.4. The fourth-order valence-corrected chi connectivity index (χ4v) is 13.3. The summed E-state index contributed by atoms with van der Waals surface area (Å²) in [4.78, 5) is 6.46. The molecule has 404 valence electrons. The molecular formula is C72H62BN3O6. The van der Waals surface area contributed by atoms with Gasteiger partial charge in [0.15, 0.2) is 11.5 Å². The molecule has 1 aromatic heterocycles. The first-order valence-corrected chi connectivity index (χ1v) is 28.1. The summed E-state index contributed by atoms with van der Waals surface area (Å²) in [5.74, 6) is -4.62. The largest absolute Gasteiger partial charge is 0.503 e. The smallest absolute Gasteiger partial charge is 0.252 e. The van der Waals surface area contributed by atoms with E-state index >= 15 is 0 Å². The molecule has 3 aliphatic rings. The first kappa shape index (κ1) is 50.7. The zero-order valence-corrected chi connectivity index (χ0v) is 47.4. The van der Waals surface area contributed by atoms with Crippen LogP contribution in [0, 0.1) is 6.92 Å². The van der Waals surface area contributed by atoms with Gasteiger partial charge >= 0.3 is 0 Å². The van der Waals surface area contributed by atoms with Crippen LogP contribution in [0.1, 0.15) is 83.2 Å². The number of phenolic OH excluding ortho intramolecular Hbond substituents is 5. The third kappa shape index (κ3) is 7.46. The molecule has 0 spiro atoms. The maximum Gasteiger partial charge on any atom is 0.252 e. The summed E-state index contributed by atoms with van der Waals surface area (Å²) in [5, 5.41) is 60.1. The molecule has 82 heavy (non-hydrogen) atoms. The average molecular weight is 1080 g/mol. The number of benzene rings is 10. The maximum absolute atomic E-state index is 12.1. The lowest BCUT2D eigenvalue weighted by Crippen LogP contribution is -2.61. The fraction of sp³-hybridized carbons (Fsp3) is 0.167. The van der Waals surface area contributed by atoms with E-state index in [9.17, 15) is 25.5 Å². The number of fused-ring (bicyclic) bond motifs is 10. The summed E-state index contributed by atoms with van der Waals surface area (Å²) < 4.78 is 6.61. The minimum atomic E-state index is -1.04. The fourth-order valence-electron chi connectivity index (χ4n) is 13.3. The Labute approximate surface area is 477 Å². The highest BCUT2D eigenvalue weighted by atomic mass is 16.4. The van der Waals surface area contributed by atoms with Crippen molar-refractivity contribution in [3.63, 3.8) is 0 Å². The number of aromatic hydroxyl groups is 5. The van der Waals surface area contributed by atoms with Crippen molar-refractivity contribution < 1.29 is 29.9 Å². The van der Waals surface area contributed by atoms with Crippen molar-refractivity contribution in [1.82, 2.24) is 0 Å². The van der Waals surface area contributed by atoms with Gasteiger partial charge in [0.2, 0.25) is 17.2 Å². The number of furan rings is 1. The lowest BCUT2D eigenvalue weighted by Gasteiger charge is -2.45. The van der Waals surface area contributed by atoms with Crippen LogP contribution in [0.25, 0.3) is 44.2 Å². The minimum absolute atomic E-state index is 0.181. The normalized spacial score (nSPS) is 13.9. The number of aryl methyl sites for hydroxylation is 1. The summed E-state index contributed by atoms with van der Waals surface area (Å²) in [7, 11) is 0. The Balaban J connectivity index is 1.08. The molecule has 0 amide bonds. The van der Waals surface area contributed by atoms with Crippen LogP contribution in [0.5, 0.6) is 28.7 Å². The molecule has 0 atom stereocenters. The van der Waals surface area contributed by atoms with Crippen LogP contribution >= 0.6 is 0 Å². The van der Waals surface area contributed by atoms with Crippen LogP contribution in [-0.4, -0.2) is 32.2 Å². The number of rotatable bonds is 6. The summed E-state index contributed by atoms with van der Waals surface area (Å²) in [5.41, 5.74) is 20.4. The summed E-state index contributed by atoms with van der Waals surface area (Å²) >= 11 is 0. The standard InChI is InChI=1S/C72H62BN3O6/c1-40-33-59-63-60(34-40)75(46-26-29-50-49-20-14-16-22-61(49)82-62(50)39-46)57-36-43(71(5,6)7)23-30-54(57)73(63)55-31-27-45(38-58(55)74(59)44-25-28-48-47-19-13-15-21-52(47)72(8,9)53(48)37-44)76(64-65(77)67(79)69(81)68(80)66(64)78)56-32-24-42(70(2,3)4)35-51(56)41-17-11-10-12-18-41/h10-39,77-81H,1-9H3. The molecule has 11 aromatic rings. The van der Waals surface area contributed by atoms with Gasteiger partial charge in [0.1, 0.15) is 16.9 Å². The molecule has 3 heterocycles. The molecule has 5 N–H and O–H groups in total. The van der Waals surface area contributed by atoms with Gasteiger partial charge < -0.3 is 44.6 Å². The Morgan fingerprint density at radius 3 is 1.73 bits per heavy atom. The number of nitrogens with zero attached hydrogens (tertiary/aromatic N) is 3. The molecule has 1 aliphatic carbocycles. The molecule has 10 aromatic carbocycles. The van der Waals surface area contributed by atoms with Crippen LogP contribution in [-0.2, 0) is 16.2 Å². The SMILES string of the molecule is Cc1cc2c3c(c1)N(c1ccc4c(c1)oc1ccccc14)c1cc(C(C)(C)C)ccc1B3c1ccc(N(c3ccc(C(C)(C)C)cc3-c3ccccc3)c3c(O)c(O)c(O)c(O)c3O)cc1N2c1ccc2c(c1)C(C)(C)c1ccccc1-2. The molecule has 0 saturated heterocycles. The van der Waals surface area contributed by atoms with E-state index in [-0.39, 0.29) is 28.6 Å². The van der Waals surface area contributed by atoms with Crippen LogP contribution in [0.15, 0.2) is 186 Å². The Hall–Kier alpha value is -9.54. The third-order valence-corrected chi connectivity index (χ3v) is 17.5. The number of hydrogen-bond acceptors (Lipinski definition) is 9. The summed E-state index contributed by atoms with van der Waals surface area (Å²) in [6, 6.07) is 64.0. The second-order valence-electron chi connectivity index (χ2n) is 25.0. The highest BCUT2D eigenvalue weighted by molar-refractivity contribution is 7.00. The van der Waals surface area contributed by atoms with Gasteiger partial charge in [0.25, 0.3) is 6.71 Å². The molecule has 0 radical (unpaired) electrons. The quantitative estimate of drug-likeness (QED) is 0.0629. The predicted molar refractivity (Wildman–Crippen MR) is 336 cm³/mol. The van der Waals surface area contributed by atoms with E-state index in [1.165, 1.54) is 27.8 Å². The molecule has 10 heteroatoms. The number of para-hydroxylation sites is 1. The first-order valence-electron chi connectivity index (χ1n) is 28.1. The van der Waals surface area contributed by atoms with E-state index in [0.29, 0.717) is 11.4 Å². The van der Waals surface area contributed by atoms with Crippen molar-refractivity contribution in [1.29, 1.82) is 0 Å². The van der Waals surface area contributed by atoms with Gasteiger partial charge in [0.05, 0.1) is 5.69 Å². The second kappa shape index (κ2) is 17.7. The molecule has 2 aliphatic heterocycles. The molecule has 14 rings (SSSR count). The third-order valence-electron chi connectivity index (χ3n) is 17.5. The summed E-state index contributed by atoms with van der Waals surface area (Å²) in [6.45, 7) is 19.6. The summed E-state index contributed by atoms with van der Waals surface area (Å²) in [6.07, 6.45) is 0. The van der Waals surface area contributed by atoms with Gasteiger partial charge in [-0.3, -0.25) is 0 Å². The second-order valence-corrected chi connectivity index (χ2v) is 25.0. The van der Waals surface area contributed by atoms with Gasteiger partial charge in [-0.05, 0) is 151 Å². The van der Waals surface area contributed by atoms with E-state index in [1.807, 2.05) is 66.7 Å². The Bertz CT molecular complexity index is 4480. The van der Waals surface area contributed by atoms with Gasteiger partial charge in [-0.25, -0.2) is 0 Å². The zero-order chi connectivity index (χ0) is 57.1. The van der Waals surface area contributed by atoms with Crippen molar-refractivity contribution in [3.8, 4) is 51.0 Å². The number of hydrogen-bond donors (Lipinski definition) is 5. The van der Waals surface area contributed by atoms with Gasteiger partial charge in [-0.15, -0.1) is 0 Å². The monoisotopic (exact) mass is 1080 g/mol. The minimum Gasteiger partial charge on any atom is -0.503 e. The van der Waals surface area contributed by atoms with Crippen molar-refractivity contribution in [3.05, 3.63) is 210 Å². The topological polar surface area (TPSA) is 124 Å². The van der Waals surface area contributed by atoms with E-state index in [4.69, 9.17) is 4.42 Å². The Kier molecular flexibility index (Phi) is 11.0. The van der Waals surface area contributed by atoms with Gasteiger partial charge in [0, 0.05) is 67.6 Å². The molecule has 0 saturated carbocycles. The predicted octanol–water partition coefficient (Wildman–Crippen LogP) is 16.5. The van der Waals surface area contributed by atoms with E-state index in [2.05, 4.69) is 187 Å². The van der Waals surface area contributed by atoms with Crippen molar-refractivity contribution in [2.45, 2.75) is 78.6 Å². The van der Waals surface area contributed by atoms with Crippen molar-refractivity contribution in [2.75, 3.05) is 14.7 Å². The van der Waals surface area contributed by atoms with Crippen LogP contribution in [0.2, 0.25) is 0 Å². The Morgan fingerprint density at radius 1 is 0.463 bits per heavy atom. The van der Waals surface area contributed by atoms with Crippen LogP contribution in [0.3, 0.4) is 0 Å². The number of phenols is 5.